The van der Waals surface area contributed by atoms with Crippen LogP contribution in [0.3, 0.4) is 0 Å². The molecule has 0 aliphatic heterocycles. The third kappa shape index (κ3) is 5.25. The van der Waals surface area contributed by atoms with Gasteiger partial charge in [-0.1, -0.05) is 17.7 Å². The number of ether oxygens (including phenoxy) is 1. The number of carbonyl (C=O) groups is 1. The maximum atomic E-state index is 12.2. The minimum Gasteiger partial charge on any atom is -0.494 e. The van der Waals surface area contributed by atoms with E-state index in [4.69, 9.17) is 16.3 Å². The number of likely N-dealkylation sites (N-methyl/N-ethyl adjacent to an activating group) is 1. The Morgan fingerprint density at radius 2 is 1.92 bits per heavy atom. The molecule has 2 aromatic rings. The second-order valence-corrected chi connectivity index (χ2v) is 6.26. The van der Waals surface area contributed by atoms with E-state index in [0.29, 0.717) is 18.2 Å². The van der Waals surface area contributed by atoms with Crippen LogP contribution in [-0.4, -0.2) is 26.1 Å². The van der Waals surface area contributed by atoms with Gasteiger partial charge in [-0.05, 0) is 55.8 Å². The van der Waals surface area contributed by atoms with Gasteiger partial charge in [0.25, 0.3) is 5.91 Å². The number of hydrogen-bond donors (Lipinski definition) is 2. The molecule has 2 N–H and O–H groups in total. The fourth-order valence-corrected chi connectivity index (χ4v) is 2.67. The minimum atomic E-state index is -0.0243. The van der Waals surface area contributed by atoms with Crippen molar-refractivity contribution in [2.45, 2.75) is 20.4 Å². The van der Waals surface area contributed by atoms with Gasteiger partial charge in [0.1, 0.15) is 12.3 Å². The number of benzene rings is 2. The lowest BCUT2D eigenvalue weighted by Crippen LogP contribution is -3.08. The fraction of sp³-hybridized carbons (Fsp3) is 0.316. The van der Waals surface area contributed by atoms with Gasteiger partial charge in [-0.15, -0.1) is 0 Å². The summed E-state index contributed by atoms with van der Waals surface area (Å²) < 4.78 is 5.44. The quantitative estimate of drug-likeness (QED) is 0.808. The van der Waals surface area contributed by atoms with Crippen molar-refractivity contribution >= 4 is 23.2 Å². The van der Waals surface area contributed by atoms with E-state index < -0.39 is 0 Å². The van der Waals surface area contributed by atoms with Crippen LogP contribution in [0.5, 0.6) is 5.75 Å². The number of amides is 1. The van der Waals surface area contributed by atoms with Crippen molar-refractivity contribution in [1.29, 1.82) is 0 Å². The topological polar surface area (TPSA) is 42.8 Å². The van der Waals surface area contributed by atoms with Crippen LogP contribution in [0.1, 0.15) is 18.1 Å². The predicted octanol–water partition coefficient (Wildman–Crippen LogP) is 2.70. The van der Waals surface area contributed by atoms with Crippen LogP contribution >= 0.6 is 11.6 Å². The lowest BCUT2D eigenvalue weighted by atomic mass is 10.2. The van der Waals surface area contributed by atoms with Gasteiger partial charge in [0.15, 0.2) is 6.54 Å². The summed E-state index contributed by atoms with van der Waals surface area (Å²) in [5, 5.41) is 3.58. The van der Waals surface area contributed by atoms with Crippen LogP contribution in [-0.2, 0) is 11.3 Å². The normalized spacial score (nSPS) is 11.8. The fourth-order valence-electron chi connectivity index (χ4n) is 2.49. The number of quaternary nitrogens is 1. The molecule has 128 valence electrons. The van der Waals surface area contributed by atoms with Gasteiger partial charge in [-0.2, -0.15) is 0 Å². The Bertz CT molecular complexity index is 686. The predicted molar refractivity (Wildman–Crippen MR) is 97.9 cm³/mol. The Kier molecular flexibility index (Phi) is 6.64. The Hall–Kier alpha value is -2.04. The summed E-state index contributed by atoms with van der Waals surface area (Å²) in [6, 6.07) is 13.5. The Morgan fingerprint density at radius 3 is 2.58 bits per heavy atom. The monoisotopic (exact) mass is 347 g/mol. The molecule has 0 radical (unpaired) electrons. The standard InChI is InChI=1S/C19H23ClN2O2/c1-4-24-16-10-8-15(9-11-16)12-22(3)13-19(23)21-18-7-5-6-17(20)14(18)2/h5-11H,4,12-13H2,1-3H3,(H,21,23)/p+1. The van der Waals surface area contributed by atoms with E-state index in [-0.39, 0.29) is 5.91 Å². The number of hydrogen-bond acceptors (Lipinski definition) is 2. The van der Waals surface area contributed by atoms with E-state index >= 15 is 0 Å². The number of rotatable bonds is 7. The first-order chi connectivity index (χ1) is 11.5. The Morgan fingerprint density at radius 1 is 1.21 bits per heavy atom. The molecule has 0 aromatic heterocycles. The lowest BCUT2D eigenvalue weighted by Gasteiger charge is -2.15. The number of anilines is 1. The third-order valence-corrected chi connectivity index (χ3v) is 4.15. The maximum absolute atomic E-state index is 12.2. The molecule has 0 bridgehead atoms. The first-order valence-corrected chi connectivity index (χ1v) is 8.45. The summed E-state index contributed by atoms with van der Waals surface area (Å²) in [6.07, 6.45) is 0. The average Bonchev–Trinajstić information content (AvgIpc) is 2.54. The Balaban J connectivity index is 1.88. The van der Waals surface area contributed by atoms with Crippen molar-refractivity contribution in [1.82, 2.24) is 0 Å². The van der Waals surface area contributed by atoms with E-state index in [0.717, 1.165) is 28.4 Å². The van der Waals surface area contributed by atoms with E-state index in [9.17, 15) is 4.79 Å². The molecule has 0 heterocycles. The number of carbonyl (C=O) groups excluding carboxylic acids is 1. The van der Waals surface area contributed by atoms with Gasteiger partial charge in [0.05, 0.1) is 13.7 Å². The molecule has 1 amide bonds. The molecule has 0 fully saturated rings. The van der Waals surface area contributed by atoms with Crippen molar-refractivity contribution in [2.24, 2.45) is 0 Å². The molecule has 24 heavy (non-hydrogen) atoms. The van der Waals surface area contributed by atoms with E-state index in [2.05, 4.69) is 5.32 Å². The highest BCUT2D eigenvalue weighted by Crippen LogP contribution is 2.22. The van der Waals surface area contributed by atoms with Crippen molar-refractivity contribution < 1.29 is 14.4 Å². The maximum Gasteiger partial charge on any atom is 0.279 e. The lowest BCUT2D eigenvalue weighted by molar-refractivity contribution is -0.885. The second-order valence-electron chi connectivity index (χ2n) is 5.85. The zero-order valence-corrected chi connectivity index (χ0v) is 15.1. The van der Waals surface area contributed by atoms with Crippen LogP contribution in [0.25, 0.3) is 0 Å². The van der Waals surface area contributed by atoms with Crippen LogP contribution in [0.4, 0.5) is 5.69 Å². The zero-order valence-electron chi connectivity index (χ0n) is 14.4. The summed E-state index contributed by atoms with van der Waals surface area (Å²) in [7, 11) is 2.00. The van der Waals surface area contributed by atoms with Crippen LogP contribution in [0.15, 0.2) is 42.5 Å². The molecule has 0 spiro atoms. The average molecular weight is 348 g/mol. The Labute approximate surface area is 148 Å². The van der Waals surface area contributed by atoms with E-state index in [1.807, 2.05) is 63.4 Å². The van der Waals surface area contributed by atoms with E-state index in [1.165, 1.54) is 5.56 Å². The minimum absolute atomic E-state index is 0.0243. The van der Waals surface area contributed by atoms with Gasteiger partial charge in [0, 0.05) is 16.3 Å². The van der Waals surface area contributed by atoms with E-state index in [1.54, 1.807) is 0 Å². The number of halogens is 1. The third-order valence-electron chi connectivity index (χ3n) is 3.74. The SMILES string of the molecule is CCOc1ccc(C[NH+](C)CC(=O)Nc2cccc(Cl)c2C)cc1. The summed E-state index contributed by atoms with van der Waals surface area (Å²) in [4.78, 5) is 13.3. The summed E-state index contributed by atoms with van der Waals surface area (Å²) in [5.74, 6) is 0.844. The highest BCUT2D eigenvalue weighted by atomic mass is 35.5. The molecule has 2 rings (SSSR count). The van der Waals surface area contributed by atoms with Crippen LogP contribution in [0.2, 0.25) is 5.02 Å². The number of nitrogens with one attached hydrogen (secondary N) is 2. The molecule has 5 heteroatoms. The van der Waals surface area contributed by atoms with Crippen LogP contribution < -0.4 is 15.0 Å². The molecule has 1 atom stereocenters. The van der Waals surface area contributed by atoms with Crippen molar-refractivity contribution in [3.05, 3.63) is 58.6 Å². The van der Waals surface area contributed by atoms with Gasteiger partial charge >= 0.3 is 0 Å². The van der Waals surface area contributed by atoms with Gasteiger partial charge in [-0.25, -0.2) is 0 Å². The summed E-state index contributed by atoms with van der Waals surface area (Å²) in [6.45, 7) is 5.68. The smallest absolute Gasteiger partial charge is 0.279 e. The van der Waals surface area contributed by atoms with Crippen LogP contribution in [0, 0.1) is 6.92 Å². The van der Waals surface area contributed by atoms with Gasteiger partial charge < -0.3 is 15.0 Å². The highest BCUT2D eigenvalue weighted by Gasteiger charge is 2.12. The zero-order chi connectivity index (χ0) is 17.5. The first-order valence-electron chi connectivity index (χ1n) is 8.07. The molecular formula is C19H24ClN2O2+. The summed E-state index contributed by atoms with van der Waals surface area (Å²) >= 11 is 6.08. The molecule has 0 aliphatic carbocycles. The molecule has 0 saturated carbocycles. The van der Waals surface area contributed by atoms with Gasteiger partial charge in [0.2, 0.25) is 0 Å². The molecule has 0 aliphatic rings. The first kappa shape index (κ1) is 18.3. The molecule has 2 aromatic carbocycles. The van der Waals surface area contributed by atoms with Gasteiger partial charge in [-0.3, -0.25) is 4.79 Å². The molecular weight excluding hydrogens is 324 g/mol. The molecule has 1 unspecified atom stereocenters. The highest BCUT2D eigenvalue weighted by molar-refractivity contribution is 6.31. The van der Waals surface area contributed by atoms with Crippen molar-refractivity contribution in [2.75, 3.05) is 25.5 Å². The van der Waals surface area contributed by atoms with Crippen molar-refractivity contribution in [3.8, 4) is 5.75 Å². The second kappa shape index (κ2) is 8.71. The molecule has 0 saturated heterocycles. The molecule has 4 nitrogen and oxygen atoms in total. The largest absolute Gasteiger partial charge is 0.494 e. The van der Waals surface area contributed by atoms with Crippen molar-refractivity contribution in [3.63, 3.8) is 0 Å². The summed E-state index contributed by atoms with van der Waals surface area (Å²) in [5.41, 5.74) is 2.82.